The van der Waals surface area contributed by atoms with Gasteiger partial charge in [-0.3, -0.25) is 4.79 Å². The maximum Gasteiger partial charge on any atom is 0.267 e. The van der Waals surface area contributed by atoms with E-state index in [1.165, 1.54) is 6.07 Å². The minimum Gasteiger partial charge on any atom is -0.475 e. The number of hydrogen-bond acceptors (Lipinski definition) is 6. The van der Waals surface area contributed by atoms with Gasteiger partial charge in [-0.05, 0) is 0 Å². The quantitative estimate of drug-likeness (QED) is 0.687. The number of amides is 1. The summed E-state index contributed by atoms with van der Waals surface area (Å²) in [6, 6.07) is 10.3. The third kappa shape index (κ3) is 3.98. The molecule has 0 spiro atoms. The van der Waals surface area contributed by atoms with Crippen LogP contribution in [0.1, 0.15) is 10.5 Å². The Bertz CT molecular complexity index is 619. The molecule has 0 fully saturated rings. The Kier molecular flexibility index (Phi) is 4.81. The van der Waals surface area contributed by atoms with Crippen LogP contribution >= 0.6 is 0 Å². The summed E-state index contributed by atoms with van der Waals surface area (Å²) < 4.78 is 5.24. The summed E-state index contributed by atoms with van der Waals surface area (Å²) in [5.74, 6) is -0.312. The summed E-state index contributed by atoms with van der Waals surface area (Å²) in [6.45, 7) is -0.584. The number of nitrogens with two attached hydrogens (primary N) is 1. The van der Waals surface area contributed by atoms with Crippen LogP contribution in [0.5, 0.6) is 5.88 Å². The van der Waals surface area contributed by atoms with Crippen LogP contribution in [0.4, 0.5) is 0 Å². The Morgan fingerprint density at radius 2 is 2.00 bits per heavy atom. The van der Waals surface area contributed by atoms with Crippen LogP contribution in [0, 0.1) is 0 Å². The fourth-order valence-electron chi connectivity index (χ4n) is 1.58. The third-order valence-corrected chi connectivity index (χ3v) is 2.62. The predicted molar refractivity (Wildman–Crippen MR) is 74.6 cm³/mol. The highest BCUT2D eigenvalue weighted by Crippen LogP contribution is 2.19. The van der Waals surface area contributed by atoms with E-state index in [1.807, 2.05) is 18.2 Å². The first-order valence-electron chi connectivity index (χ1n) is 6.26. The molecule has 0 aliphatic heterocycles. The molecule has 1 heterocycles. The van der Waals surface area contributed by atoms with Crippen molar-refractivity contribution < 1.29 is 19.7 Å². The van der Waals surface area contributed by atoms with E-state index >= 15 is 0 Å². The molecule has 0 aliphatic carbocycles. The Hall–Kier alpha value is -2.51. The van der Waals surface area contributed by atoms with Gasteiger partial charge in [0.2, 0.25) is 5.88 Å². The number of nitrogens with zero attached hydrogens (tertiary/aromatic N) is 2. The molecule has 4 N–H and O–H groups in total. The highest BCUT2D eigenvalue weighted by molar-refractivity contribution is 5.91. The number of carbonyl (C=O) groups is 1. The minimum absolute atomic E-state index is 0.0114. The largest absolute Gasteiger partial charge is 0.475 e. The first kappa shape index (κ1) is 14.9. The Labute approximate surface area is 121 Å². The number of benzene rings is 1. The van der Waals surface area contributed by atoms with Crippen molar-refractivity contribution >= 4 is 5.91 Å². The highest BCUT2D eigenvalue weighted by Gasteiger charge is 2.12. The smallest absolute Gasteiger partial charge is 0.267 e. The average Bonchev–Trinajstić information content (AvgIpc) is 2.53. The molecular formula is C14H15N3O4. The van der Waals surface area contributed by atoms with E-state index in [4.69, 9.17) is 15.6 Å². The van der Waals surface area contributed by atoms with Crippen molar-refractivity contribution in [2.24, 2.45) is 5.73 Å². The van der Waals surface area contributed by atoms with Gasteiger partial charge in [0, 0.05) is 11.6 Å². The van der Waals surface area contributed by atoms with Gasteiger partial charge < -0.3 is 20.7 Å². The first-order valence-corrected chi connectivity index (χ1v) is 6.26. The third-order valence-electron chi connectivity index (χ3n) is 2.62. The van der Waals surface area contributed by atoms with Crippen LogP contribution in [0.15, 0.2) is 36.4 Å². The fraction of sp³-hybridized carbons (Fsp3) is 0.214. The van der Waals surface area contributed by atoms with Crippen LogP contribution in [0.3, 0.4) is 0 Å². The maximum atomic E-state index is 11.3. The zero-order chi connectivity index (χ0) is 15.2. The lowest BCUT2D eigenvalue weighted by atomic mass is 10.2. The molecule has 2 rings (SSSR count). The van der Waals surface area contributed by atoms with Gasteiger partial charge in [-0.2, -0.15) is 4.98 Å². The number of aliphatic hydroxyl groups is 2. The molecule has 1 aromatic carbocycles. The normalized spacial score (nSPS) is 11.9. The van der Waals surface area contributed by atoms with Gasteiger partial charge in [0.05, 0.1) is 6.61 Å². The molecular weight excluding hydrogens is 274 g/mol. The standard InChI is InChI=1S/C14H15N3O4/c15-13(20)11-6-12(21-8-10(19)7-18)17-14(16-11)9-4-2-1-3-5-9/h1-6,10,18-19H,7-8H2,(H2,15,20). The lowest BCUT2D eigenvalue weighted by Crippen LogP contribution is -2.22. The lowest BCUT2D eigenvalue weighted by Gasteiger charge is -2.10. The Morgan fingerprint density at radius 1 is 1.29 bits per heavy atom. The van der Waals surface area contributed by atoms with E-state index in [2.05, 4.69) is 9.97 Å². The molecule has 7 nitrogen and oxygen atoms in total. The monoisotopic (exact) mass is 289 g/mol. The summed E-state index contributed by atoms with van der Waals surface area (Å²) >= 11 is 0. The predicted octanol–water partition coefficient (Wildman–Crippen LogP) is -0.0255. The van der Waals surface area contributed by atoms with Crippen molar-refractivity contribution in [3.63, 3.8) is 0 Å². The van der Waals surface area contributed by atoms with E-state index in [0.717, 1.165) is 0 Å². The summed E-state index contributed by atoms with van der Waals surface area (Å²) in [4.78, 5) is 19.5. The maximum absolute atomic E-state index is 11.3. The number of hydrogen-bond donors (Lipinski definition) is 3. The van der Waals surface area contributed by atoms with Crippen molar-refractivity contribution in [3.8, 4) is 17.3 Å². The summed E-state index contributed by atoms with van der Waals surface area (Å²) in [7, 11) is 0. The molecule has 1 amide bonds. The van der Waals surface area contributed by atoms with Gasteiger partial charge in [0.1, 0.15) is 18.4 Å². The number of rotatable bonds is 6. The molecule has 1 aromatic heterocycles. The highest BCUT2D eigenvalue weighted by atomic mass is 16.5. The van der Waals surface area contributed by atoms with E-state index in [9.17, 15) is 9.90 Å². The van der Waals surface area contributed by atoms with E-state index in [0.29, 0.717) is 11.4 Å². The van der Waals surface area contributed by atoms with Crippen molar-refractivity contribution in [1.82, 2.24) is 9.97 Å². The molecule has 0 saturated carbocycles. The molecule has 1 atom stereocenters. The van der Waals surface area contributed by atoms with Crippen LogP contribution in [-0.2, 0) is 0 Å². The minimum atomic E-state index is -1.03. The van der Waals surface area contributed by atoms with E-state index in [1.54, 1.807) is 12.1 Å². The molecule has 1 unspecified atom stereocenters. The summed E-state index contributed by atoms with van der Waals surface area (Å²) in [5, 5.41) is 18.0. The van der Waals surface area contributed by atoms with Gasteiger partial charge in [-0.1, -0.05) is 30.3 Å². The zero-order valence-corrected chi connectivity index (χ0v) is 11.1. The van der Waals surface area contributed by atoms with Crippen LogP contribution < -0.4 is 10.5 Å². The molecule has 2 aromatic rings. The number of ether oxygens (including phenoxy) is 1. The van der Waals surface area contributed by atoms with Gasteiger partial charge >= 0.3 is 0 Å². The van der Waals surface area contributed by atoms with E-state index < -0.39 is 18.6 Å². The molecule has 0 aliphatic rings. The Morgan fingerprint density at radius 3 is 2.62 bits per heavy atom. The van der Waals surface area contributed by atoms with Crippen LogP contribution in [-0.4, -0.2) is 45.4 Å². The number of primary amides is 1. The molecule has 110 valence electrons. The molecule has 0 radical (unpaired) electrons. The van der Waals surface area contributed by atoms with Crippen molar-refractivity contribution in [2.75, 3.05) is 13.2 Å². The van der Waals surface area contributed by atoms with Gasteiger partial charge in [0.25, 0.3) is 5.91 Å². The zero-order valence-electron chi connectivity index (χ0n) is 11.1. The van der Waals surface area contributed by atoms with Gasteiger partial charge in [-0.15, -0.1) is 0 Å². The van der Waals surface area contributed by atoms with Crippen LogP contribution in [0.2, 0.25) is 0 Å². The van der Waals surface area contributed by atoms with Crippen LogP contribution in [0.25, 0.3) is 11.4 Å². The van der Waals surface area contributed by atoms with Crippen molar-refractivity contribution in [3.05, 3.63) is 42.1 Å². The second-order valence-corrected chi connectivity index (χ2v) is 4.29. The summed E-state index contributed by atoms with van der Waals surface area (Å²) in [5.41, 5.74) is 5.95. The SMILES string of the molecule is NC(=O)c1cc(OCC(O)CO)nc(-c2ccccc2)n1. The topological polar surface area (TPSA) is 119 Å². The number of aromatic nitrogens is 2. The first-order chi connectivity index (χ1) is 10.1. The van der Waals surface area contributed by atoms with E-state index in [-0.39, 0.29) is 18.2 Å². The van der Waals surface area contributed by atoms with Crippen molar-refractivity contribution in [1.29, 1.82) is 0 Å². The average molecular weight is 289 g/mol. The van der Waals surface area contributed by atoms with Gasteiger partial charge in [0.15, 0.2) is 5.82 Å². The second kappa shape index (κ2) is 6.78. The van der Waals surface area contributed by atoms with Crippen molar-refractivity contribution in [2.45, 2.75) is 6.10 Å². The molecule has 0 saturated heterocycles. The molecule has 21 heavy (non-hydrogen) atoms. The Balaban J connectivity index is 2.33. The number of carbonyl (C=O) groups excluding carboxylic acids is 1. The lowest BCUT2D eigenvalue weighted by molar-refractivity contribution is 0.0520. The second-order valence-electron chi connectivity index (χ2n) is 4.29. The fourth-order valence-corrected chi connectivity index (χ4v) is 1.58. The molecule has 7 heteroatoms. The molecule has 0 bridgehead atoms. The van der Waals surface area contributed by atoms with Gasteiger partial charge in [-0.25, -0.2) is 4.98 Å². The number of aliphatic hydroxyl groups excluding tert-OH is 2. The summed E-state index contributed by atoms with van der Waals surface area (Å²) in [6.07, 6.45) is -1.03.